The van der Waals surface area contributed by atoms with E-state index in [9.17, 15) is 0 Å². The highest BCUT2D eigenvalue weighted by Crippen LogP contribution is 2.21. The van der Waals surface area contributed by atoms with E-state index in [0.29, 0.717) is 13.2 Å². The molecule has 0 rings (SSSR count). The van der Waals surface area contributed by atoms with Crippen molar-refractivity contribution in [3.63, 3.8) is 0 Å². The van der Waals surface area contributed by atoms with Crippen LogP contribution in [0, 0.1) is 0 Å². The van der Waals surface area contributed by atoms with Gasteiger partial charge in [0.15, 0.2) is 0 Å². The van der Waals surface area contributed by atoms with Gasteiger partial charge in [-0.25, -0.2) is 0 Å². The summed E-state index contributed by atoms with van der Waals surface area (Å²) in [7, 11) is 0. The van der Waals surface area contributed by atoms with Gasteiger partial charge in [-0.15, -0.1) is 13.2 Å². The van der Waals surface area contributed by atoms with Crippen LogP contribution in [0.2, 0.25) is 0 Å². The van der Waals surface area contributed by atoms with Crippen LogP contribution >= 0.6 is 0 Å². The van der Waals surface area contributed by atoms with Crippen molar-refractivity contribution in [2.24, 2.45) is 5.73 Å². The lowest BCUT2D eigenvalue weighted by Crippen LogP contribution is -2.45. The normalized spacial score (nSPS) is 11.4. The molecule has 0 aliphatic rings. The number of ether oxygens (including phenoxy) is 1. The molecule has 2 nitrogen and oxygen atoms in total. The molecule has 0 heterocycles. The summed E-state index contributed by atoms with van der Waals surface area (Å²) in [6, 6.07) is 0. The average Bonchev–Trinajstić information content (AvgIpc) is 1.97. The van der Waals surface area contributed by atoms with Gasteiger partial charge in [0.2, 0.25) is 0 Å². The Morgan fingerprint density at radius 2 is 1.64 bits per heavy atom. The van der Waals surface area contributed by atoms with Gasteiger partial charge in [-0.1, -0.05) is 11.1 Å². The van der Waals surface area contributed by atoms with Crippen LogP contribution in [0.5, 0.6) is 0 Å². The fourth-order valence-corrected chi connectivity index (χ4v) is 1.67. The first-order valence-electron chi connectivity index (χ1n) is 5.05. The molecule has 2 heteroatoms. The minimum atomic E-state index is -0.326. The van der Waals surface area contributed by atoms with Gasteiger partial charge in [-0.3, -0.25) is 0 Å². The van der Waals surface area contributed by atoms with Crippen LogP contribution in [-0.2, 0) is 4.74 Å². The SMILES string of the molecule is C=C(C)CC(N)(COCC)CC(=C)C. The van der Waals surface area contributed by atoms with Crippen molar-refractivity contribution < 1.29 is 4.74 Å². The summed E-state index contributed by atoms with van der Waals surface area (Å²) in [5.74, 6) is 0. The molecule has 0 amide bonds. The molecule has 14 heavy (non-hydrogen) atoms. The molecule has 0 aliphatic carbocycles. The van der Waals surface area contributed by atoms with Crippen LogP contribution in [0.3, 0.4) is 0 Å². The van der Waals surface area contributed by atoms with Gasteiger partial charge in [0.25, 0.3) is 0 Å². The maximum atomic E-state index is 6.24. The number of nitrogens with two attached hydrogens (primary N) is 1. The van der Waals surface area contributed by atoms with Crippen molar-refractivity contribution in [2.75, 3.05) is 13.2 Å². The minimum Gasteiger partial charge on any atom is -0.380 e. The Bertz CT molecular complexity index is 192. The fourth-order valence-electron chi connectivity index (χ4n) is 1.67. The molecule has 0 spiro atoms. The Balaban J connectivity index is 4.31. The van der Waals surface area contributed by atoms with Crippen molar-refractivity contribution in [1.29, 1.82) is 0 Å². The van der Waals surface area contributed by atoms with Crippen LogP contribution in [0.1, 0.15) is 33.6 Å². The molecule has 0 saturated carbocycles. The topological polar surface area (TPSA) is 35.2 Å². The Labute approximate surface area is 87.8 Å². The quantitative estimate of drug-likeness (QED) is 0.637. The molecule has 0 aliphatic heterocycles. The maximum Gasteiger partial charge on any atom is 0.0652 e. The average molecular weight is 197 g/mol. The highest BCUT2D eigenvalue weighted by Gasteiger charge is 2.25. The lowest BCUT2D eigenvalue weighted by molar-refractivity contribution is 0.0940. The zero-order chi connectivity index (χ0) is 11.2. The second kappa shape index (κ2) is 5.99. The zero-order valence-corrected chi connectivity index (χ0v) is 9.73. The third-order valence-corrected chi connectivity index (χ3v) is 1.90. The van der Waals surface area contributed by atoms with Gasteiger partial charge in [-0.05, 0) is 33.6 Å². The molecule has 0 fully saturated rings. The van der Waals surface area contributed by atoms with Gasteiger partial charge >= 0.3 is 0 Å². The Hall–Kier alpha value is -0.600. The summed E-state index contributed by atoms with van der Waals surface area (Å²) in [5.41, 5.74) is 8.10. The predicted molar refractivity (Wildman–Crippen MR) is 62.3 cm³/mol. The van der Waals surface area contributed by atoms with E-state index in [1.165, 1.54) is 0 Å². The standard InChI is InChI=1S/C12H23NO/c1-6-14-9-12(13,7-10(2)3)8-11(4)5/h2,4,6-9,13H2,1,3,5H3. The highest BCUT2D eigenvalue weighted by atomic mass is 16.5. The first-order valence-corrected chi connectivity index (χ1v) is 5.05. The van der Waals surface area contributed by atoms with Gasteiger partial charge in [0.1, 0.15) is 0 Å². The molecule has 82 valence electrons. The monoisotopic (exact) mass is 197 g/mol. The summed E-state index contributed by atoms with van der Waals surface area (Å²) in [4.78, 5) is 0. The number of hydrogen-bond acceptors (Lipinski definition) is 2. The molecule has 0 aromatic carbocycles. The summed E-state index contributed by atoms with van der Waals surface area (Å²) in [6.45, 7) is 15.0. The molecule has 2 N–H and O–H groups in total. The van der Waals surface area contributed by atoms with E-state index >= 15 is 0 Å². The van der Waals surface area contributed by atoms with E-state index in [-0.39, 0.29) is 5.54 Å². The molecule has 0 saturated heterocycles. The molecule has 0 atom stereocenters. The molecule has 0 aromatic heterocycles. The Morgan fingerprint density at radius 3 is 1.93 bits per heavy atom. The maximum absolute atomic E-state index is 6.24. The van der Waals surface area contributed by atoms with E-state index in [0.717, 1.165) is 24.0 Å². The van der Waals surface area contributed by atoms with Crippen molar-refractivity contribution >= 4 is 0 Å². The van der Waals surface area contributed by atoms with Gasteiger partial charge in [0.05, 0.1) is 6.61 Å². The molecule has 0 aromatic rings. The Kier molecular flexibility index (Phi) is 5.73. The molecule has 0 radical (unpaired) electrons. The lowest BCUT2D eigenvalue weighted by Gasteiger charge is -2.29. The van der Waals surface area contributed by atoms with Crippen LogP contribution in [0.25, 0.3) is 0 Å². The zero-order valence-electron chi connectivity index (χ0n) is 9.73. The fraction of sp³-hybridized carbons (Fsp3) is 0.667. The smallest absolute Gasteiger partial charge is 0.0652 e. The van der Waals surface area contributed by atoms with Gasteiger partial charge in [-0.2, -0.15) is 0 Å². The van der Waals surface area contributed by atoms with E-state index in [1.54, 1.807) is 0 Å². The second-order valence-electron chi connectivity index (χ2n) is 4.27. The number of hydrogen-bond donors (Lipinski definition) is 1. The predicted octanol–water partition coefficient (Wildman–Crippen LogP) is 2.65. The van der Waals surface area contributed by atoms with E-state index < -0.39 is 0 Å². The van der Waals surface area contributed by atoms with Crippen LogP contribution < -0.4 is 5.73 Å². The van der Waals surface area contributed by atoms with Crippen molar-refractivity contribution in [3.8, 4) is 0 Å². The van der Waals surface area contributed by atoms with Gasteiger partial charge < -0.3 is 10.5 Å². The van der Waals surface area contributed by atoms with Crippen molar-refractivity contribution in [3.05, 3.63) is 24.3 Å². The first-order chi connectivity index (χ1) is 6.39. The minimum absolute atomic E-state index is 0.326. The third-order valence-electron chi connectivity index (χ3n) is 1.90. The second-order valence-corrected chi connectivity index (χ2v) is 4.27. The van der Waals surface area contributed by atoms with Crippen LogP contribution in [-0.4, -0.2) is 18.8 Å². The van der Waals surface area contributed by atoms with Crippen LogP contribution in [0.15, 0.2) is 24.3 Å². The molecule has 0 unspecified atom stereocenters. The summed E-state index contributed by atoms with van der Waals surface area (Å²) in [5, 5.41) is 0. The third kappa shape index (κ3) is 5.95. The summed E-state index contributed by atoms with van der Waals surface area (Å²) in [6.07, 6.45) is 1.58. The molecular formula is C12H23NO. The van der Waals surface area contributed by atoms with E-state index in [2.05, 4.69) is 13.2 Å². The Morgan fingerprint density at radius 1 is 1.21 bits per heavy atom. The van der Waals surface area contributed by atoms with Gasteiger partial charge in [0, 0.05) is 12.1 Å². The molecular weight excluding hydrogens is 174 g/mol. The van der Waals surface area contributed by atoms with E-state index in [1.807, 2.05) is 20.8 Å². The largest absolute Gasteiger partial charge is 0.380 e. The molecule has 0 bridgehead atoms. The van der Waals surface area contributed by atoms with E-state index in [4.69, 9.17) is 10.5 Å². The number of rotatable bonds is 7. The van der Waals surface area contributed by atoms with Crippen molar-refractivity contribution in [2.45, 2.75) is 39.2 Å². The van der Waals surface area contributed by atoms with Crippen molar-refractivity contribution in [1.82, 2.24) is 0 Å². The summed E-state index contributed by atoms with van der Waals surface area (Å²) >= 11 is 0. The summed E-state index contributed by atoms with van der Waals surface area (Å²) < 4.78 is 5.39. The first kappa shape index (κ1) is 13.4. The highest BCUT2D eigenvalue weighted by molar-refractivity contribution is 5.07. The lowest BCUT2D eigenvalue weighted by atomic mass is 9.87. The van der Waals surface area contributed by atoms with Crippen LogP contribution in [0.4, 0.5) is 0 Å².